The third-order valence-corrected chi connectivity index (χ3v) is 4.15. The lowest BCUT2D eigenvalue weighted by Gasteiger charge is -2.35. The Kier molecular flexibility index (Phi) is 5.41. The summed E-state index contributed by atoms with van der Waals surface area (Å²) in [6.07, 6.45) is 3.63. The number of nitrogens with zero attached hydrogens (tertiary/aromatic N) is 1. The fourth-order valence-electron chi connectivity index (χ4n) is 3.04. The van der Waals surface area contributed by atoms with Gasteiger partial charge in [-0.05, 0) is 62.4 Å². The quantitative estimate of drug-likeness (QED) is 0.871. The van der Waals surface area contributed by atoms with Crippen LogP contribution < -0.4 is 10.2 Å². The van der Waals surface area contributed by atoms with Gasteiger partial charge in [0.05, 0.1) is 0 Å². The molecule has 112 valence electrons. The van der Waals surface area contributed by atoms with E-state index in [9.17, 15) is 4.39 Å². The number of benzene rings is 1. The molecule has 1 aromatic carbocycles. The summed E-state index contributed by atoms with van der Waals surface area (Å²) in [5, 5.41) is 3.47. The maximum Gasteiger partial charge on any atom is 0.123 e. The molecule has 3 heteroatoms. The van der Waals surface area contributed by atoms with E-state index in [1.165, 1.54) is 18.5 Å². The molecule has 20 heavy (non-hydrogen) atoms. The number of hydrogen-bond acceptors (Lipinski definition) is 2. The Morgan fingerprint density at radius 3 is 2.95 bits per heavy atom. The van der Waals surface area contributed by atoms with Crippen LogP contribution in [0.5, 0.6) is 0 Å². The highest BCUT2D eigenvalue weighted by Gasteiger charge is 2.21. The second-order valence-electron chi connectivity index (χ2n) is 6.07. The van der Waals surface area contributed by atoms with Crippen molar-refractivity contribution in [2.45, 2.75) is 46.1 Å². The number of piperidine rings is 1. The maximum absolute atomic E-state index is 13.6. The first-order valence-corrected chi connectivity index (χ1v) is 7.89. The van der Waals surface area contributed by atoms with Crippen LogP contribution in [0.2, 0.25) is 0 Å². The van der Waals surface area contributed by atoms with Crippen LogP contribution in [0.15, 0.2) is 18.2 Å². The lowest BCUT2D eigenvalue weighted by molar-refractivity contribution is 0.444. The molecule has 2 unspecified atom stereocenters. The van der Waals surface area contributed by atoms with E-state index in [1.54, 1.807) is 12.1 Å². The van der Waals surface area contributed by atoms with E-state index in [4.69, 9.17) is 0 Å². The summed E-state index contributed by atoms with van der Waals surface area (Å²) in [5.74, 6) is 0.583. The molecule has 1 aliphatic rings. The number of rotatable bonds is 5. The largest absolute Gasteiger partial charge is 0.371 e. The Hall–Kier alpha value is -1.09. The van der Waals surface area contributed by atoms with Crippen molar-refractivity contribution in [3.8, 4) is 0 Å². The van der Waals surface area contributed by atoms with Crippen LogP contribution >= 0.6 is 0 Å². The third-order valence-electron chi connectivity index (χ3n) is 4.15. The second kappa shape index (κ2) is 7.07. The van der Waals surface area contributed by atoms with Gasteiger partial charge in [0.25, 0.3) is 0 Å². The Morgan fingerprint density at radius 1 is 1.45 bits per heavy atom. The first-order chi connectivity index (χ1) is 9.61. The van der Waals surface area contributed by atoms with Gasteiger partial charge >= 0.3 is 0 Å². The molecular weight excluding hydrogens is 251 g/mol. The molecule has 1 heterocycles. The Balaban J connectivity index is 2.22. The summed E-state index contributed by atoms with van der Waals surface area (Å²) in [6.45, 7) is 9.71. The van der Waals surface area contributed by atoms with Gasteiger partial charge < -0.3 is 10.2 Å². The average Bonchev–Trinajstić information content (AvgIpc) is 2.44. The van der Waals surface area contributed by atoms with Gasteiger partial charge in [-0.15, -0.1) is 0 Å². The number of hydrogen-bond donors (Lipinski definition) is 1. The maximum atomic E-state index is 13.6. The minimum Gasteiger partial charge on any atom is -0.371 e. The summed E-state index contributed by atoms with van der Waals surface area (Å²) in [5.41, 5.74) is 2.29. The molecule has 0 aliphatic carbocycles. The van der Waals surface area contributed by atoms with Crippen molar-refractivity contribution >= 4 is 5.69 Å². The van der Waals surface area contributed by atoms with Crippen molar-refractivity contribution in [2.75, 3.05) is 24.5 Å². The van der Waals surface area contributed by atoms with Crippen molar-refractivity contribution in [3.63, 3.8) is 0 Å². The monoisotopic (exact) mass is 278 g/mol. The zero-order valence-corrected chi connectivity index (χ0v) is 13.0. The summed E-state index contributed by atoms with van der Waals surface area (Å²) in [6, 6.07) is 5.43. The molecular formula is C17H27FN2. The Morgan fingerprint density at radius 2 is 2.25 bits per heavy atom. The number of nitrogens with one attached hydrogen (secondary N) is 1. The van der Waals surface area contributed by atoms with Gasteiger partial charge in [0, 0.05) is 24.8 Å². The predicted molar refractivity (Wildman–Crippen MR) is 83.7 cm³/mol. The summed E-state index contributed by atoms with van der Waals surface area (Å²) >= 11 is 0. The van der Waals surface area contributed by atoms with Crippen LogP contribution in [0, 0.1) is 11.7 Å². The van der Waals surface area contributed by atoms with Crippen molar-refractivity contribution in [1.82, 2.24) is 5.32 Å². The molecule has 0 aromatic heterocycles. The summed E-state index contributed by atoms with van der Waals surface area (Å²) in [4.78, 5) is 2.42. The van der Waals surface area contributed by atoms with E-state index in [2.05, 4.69) is 31.0 Å². The van der Waals surface area contributed by atoms with E-state index < -0.39 is 0 Å². The van der Waals surface area contributed by atoms with E-state index in [0.29, 0.717) is 0 Å². The van der Waals surface area contributed by atoms with Crippen molar-refractivity contribution < 1.29 is 4.39 Å². The van der Waals surface area contributed by atoms with Gasteiger partial charge in [0.15, 0.2) is 0 Å². The molecule has 0 bridgehead atoms. The fraction of sp³-hybridized carbons (Fsp3) is 0.647. The Bertz CT molecular complexity index is 433. The molecule has 2 atom stereocenters. The van der Waals surface area contributed by atoms with E-state index in [0.717, 1.165) is 37.5 Å². The standard InChI is InChI=1S/C17H27FN2/c1-4-9-19-14(3)16-11-15(18)7-8-17(16)20-10-5-6-13(2)12-20/h7-8,11,13-14,19H,4-6,9-10,12H2,1-3H3. The molecule has 0 spiro atoms. The van der Waals surface area contributed by atoms with Crippen LogP contribution in [-0.4, -0.2) is 19.6 Å². The highest BCUT2D eigenvalue weighted by Crippen LogP contribution is 2.30. The lowest BCUT2D eigenvalue weighted by Crippen LogP contribution is -2.35. The van der Waals surface area contributed by atoms with Crippen LogP contribution in [0.3, 0.4) is 0 Å². The average molecular weight is 278 g/mol. The van der Waals surface area contributed by atoms with Gasteiger partial charge in [-0.25, -0.2) is 4.39 Å². The first-order valence-electron chi connectivity index (χ1n) is 7.89. The highest BCUT2D eigenvalue weighted by atomic mass is 19.1. The molecule has 2 rings (SSSR count). The molecule has 1 N–H and O–H groups in total. The van der Waals surface area contributed by atoms with E-state index >= 15 is 0 Å². The van der Waals surface area contributed by atoms with Gasteiger partial charge in [-0.1, -0.05) is 13.8 Å². The van der Waals surface area contributed by atoms with Crippen LogP contribution in [0.1, 0.15) is 51.6 Å². The van der Waals surface area contributed by atoms with Gasteiger partial charge in [-0.3, -0.25) is 0 Å². The minimum atomic E-state index is -0.140. The Labute approximate surface area is 122 Å². The number of anilines is 1. The normalized spacial score (nSPS) is 21.0. The van der Waals surface area contributed by atoms with Gasteiger partial charge in [0.2, 0.25) is 0 Å². The highest BCUT2D eigenvalue weighted by molar-refractivity contribution is 5.55. The smallest absolute Gasteiger partial charge is 0.123 e. The molecule has 0 saturated carbocycles. The van der Waals surface area contributed by atoms with E-state index in [1.807, 2.05) is 6.07 Å². The van der Waals surface area contributed by atoms with Crippen molar-refractivity contribution in [2.24, 2.45) is 5.92 Å². The molecule has 1 aliphatic heterocycles. The van der Waals surface area contributed by atoms with Crippen LogP contribution in [0.4, 0.5) is 10.1 Å². The van der Waals surface area contributed by atoms with Gasteiger partial charge in [-0.2, -0.15) is 0 Å². The predicted octanol–water partition coefficient (Wildman–Crippen LogP) is 4.12. The third kappa shape index (κ3) is 3.72. The van der Waals surface area contributed by atoms with Crippen molar-refractivity contribution in [1.29, 1.82) is 0 Å². The SMILES string of the molecule is CCCNC(C)c1cc(F)ccc1N1CCCC(C)C1. The molecule has 1 saturated heterocycles. The first kappa shape index (κ1) is 15.3. The molecule has 1 aromatic rings. The van der Waals surface area contributed by atoms with Crippen LogP contribution in [-0.2, 0) is 0 Å². The minimum absolute atomic E-state index is 0.140. The topological polar surface area (TPSA) is 15.3 Å². The zero-order valence-electron chi connectivity index (χ0n) is 13.0. The summed E-state index contributed by atoms with van der Waals surface area (Å²) < 4.78 is 13.6. The molecule has 0 radical (unpaired) electrons. The zero-order chi connectivity index (χ0) is 14.5. The van der Waals surface area contributed by atoms with E-state index in [-0.39, 0.29) is 11.9 Å². The second-order valence-corrected chi connectivity index (χ2v) is 6.07. The van der Waals surface area contributed by atoms with Crippen molar-refractivity contribution in [3.05, 3.63) is 29.6 Å². The molecule has 1 fully saturated rings. The summed E-state index contributed by atoms with van der Waals surface area (Å²) in [7, 11) is 0. The fourth-order valence-corrected chi connectivity index (χ4v) is 3.04. The number of halogens is 1. The molecule has 2 nitrogen and oxygen atoms in total. The molecule has 0 amide bonds. The van der Waals surface area contributed by atoms with Crippen LogP contribution in [0.25, 0.3) is 0 Å². The van der Waals surface area contributed by atoms with Gasteiger partial charge in [0.1, 0.15) is 5.82 Å². The lowest BCUT2D eigenvalue weighted by atomic mass is 9.97.